The third-order valence-electron chi connectivity index (χ3n) is 11.6. The molecule has 4 aromatic rings. The molecule has 2 N–H and O–H groups in total. The summed E-state index contributed by atoms with van der Waals surface area (Å²) in [5.74, 6) is 2.63. The number of hydrogen-bond acceptors (Lipinski definition) is 14. The van der Waals surface area contributed by atoms with Crippen LogP contribution in [0.15, 0.2) is 52.6 Å². The monoisotopic (exact) mass is 1020 g/mol. The molecule has 0 aliphatic carbocycles. The van der Waals surface area contributed by atoms with Crippen molar-refractivity contribution < 1.29 is 14.4 Å². The van der Waals surface area contributed by atoms with Gasteiger partial charge in [-0.25, -0.2) is 0 Å². The number of hydrogen-bond donors (Lipinski definition) is 2. The van der Waals surface area contributed by atoms with Crippen molar-refractivity contribution >= 4 is 93.6 Å². The first-order valence-corrected chi connectivity index (χ1v) is 26.2. The summed E-state index contributed by atoms with van der Waals surface area (Å²) in [5.41, 5.74) is 5.38. The van der Waals surface area contributed by atoms with E-state index in [0.29, 0.717) is 41.9 Å². The van der Waals surface area contributed by atoms with E-state index in [-0.39, 0.29) is 11.8 Å². The van der Waals surface area contributed by atoms with Crippen LogP contribution in [0.3, 0.4) is 0 Å². The SMILES string of the molecule is CC=O.CN1CCN(C2CCN(CC=O)CC2)CC1.CNCCCC(=O)NC1=NN(c2ccc(Cl)c(Cl)c2)CC1C.CSC.Cc1sc2c(c1C)C(c1ccc(Cl)cc1)=NCc1nnc(C)n1-2. The number of nitrogens with one attached hydrogen (secondary N) is 2. The average Bonchev–Trinajstić information content (AvgIpc) is 3.92. The first-order chi connectivity index (χ1) is 32.2. The van der Waals surface area contributed by atoms with E-state index in [1.807, 2.05) is 68.7 Å². The number of likely N-dealkylation sites (N-methyl/N-ethyl adjacent to an activating group) is 1. The fourth-order valence-electron chi connectivity index (χ4n) is 7.85. The van der Waals surface area contributed by atoms with Gasteiger partial charge in [-0.05, 0) is 116 Å². The largest absolute Gasteiger partial charge is 0.320 e. The zero-order valence-corrected chi connectivity index (χ0v) is 44.4. The molecular weight excluding hydrogens is 949 g/mol. The van der Waals surface area contributed by atoms with Crippen LogP contribution in [0.25, 0.3) is 5.00 Å². The van der Waals surface area contributed by atoms with Gasteiger partial charge in [-0.2, -0.15) is 16.9 Å². The quantitative estimate of drug-likeness (QED) is 0.124. The average molecular weight is 1020 g/mol. The Morgan fingerprint density at radius 2 is 1.60 bits per heavy atom. The lowest BCUT2D eigenvalue weighted by atomic mass is 10.00. The number of likely N-dealkylation sites (tertiary alicyclic amines) is 1. The molecule has 19 heteroatoms. The number of thiophene rings is 1. The van der Waals surface area contributed by atoms with E-state index in [1.54, 1.807) is 35.2 Å². The lowest BCUT2D eigenvalue weighted by Crippen LogP contribution is -2.52. The highest BCUT2D eigenvalue weighted by Gasteiger charge is 2.28. The third kappa shape index (κ3) is 16.5. The van der Waals surface area contributed by atoms with Gasteiger partial charge in [0.2, 0.25) is 5.91 Å². The van der Waals surface area contributed by atoms with Crippen LogP contribution in [0.1, 0.15) is 72.7 Å². The van der Waals surface area contributed by atoms with Crippen molar-refractivity contribution in [1.82, 2.24) is 40.1 Å². The van der Waals surface area contributed by atoms with Crippen LogP contribution in [-0.4, -0.2) is 151 Å². The highest BCUT2D eigenvalue weighted by molar-refractivity contribution is 7.97. The molecule has 2 aromatic carbocycles. The van der Waals surface area contributed by atoms with Gasteiger partial charge in [0.1, 0.15) is 35.8 Å². The predicted octanol–water partition coefficient (Wildman–Crippen LogP) is 8.22. The Labute approximate surface area is 420 Å². The van der Waals surface area contributed by atoms with Crippen molar-refractivity contribution in [3.8, 4) is 5.00 Å². The van der Waals surface area contributed by atoms with Gasteiger partial charge in [-0.15, -0.1) is 21.5 Å². The number of rotatable bonds is 9. The molecule has 4 aliphatic rings. The normalized spacial score (nSPS) is 17.3. The molecule has 1 amide bonds. The van der Waals surface area contributed by atoms with Crippen molar-refractivity contribution in [2.75, 3.05) is 90.5 Å². The summed E-state index contributed by atoms with van der Waals surface area (Å²) in [6, 6.07) is 14.0. The molecule has 8 rings (SSSR count). The molecule has 14 nitrogen and oxygen atoms in total. The van der Waals surface area contributed by atoms with Crippen LogP contribution in [-0.2, 0) is 20.9 Å². The van der Waals surface area contributed by atoms with Gasteiger partial charge in [0.15, 0.2) is 5.82 Å². The Kier molecular flexibility index (Phi) is 23.9. The first-order valence-electron chi connectivity index (χ1n) is 22.7. The Hall–Kier alpha value is -3.71. The minimum Gasteiger partial charge on any atom is -0.320 e. The number of fused-ring (bicyclic) bond motifs is 3. The van der Waals surface area contributed by atoms with Crippen molar-refractivity contribution in [3.05, 3.63) is 90.7 Å². The fourth-order valence-corrected chi connectivity index (χ4v) is 9.50. The second kappa shape index (κ2) is 28.7. The molecule has 67 heavy (non-hydrogen) atoms. The summed E-state index contributed by atoms with van der Waals surface area (Å²) in [5, 5.41) is 23.6. The number of carbonyl (C=O) groups is 3. The second-order valence-electron chi connectivity index (χ2n) is 16.6. The Balaban J connectivity index is 0.000000210. The van der Waals surface area contributed by atoms with Crippen molar-refractivity contribution in [2.45, 2.75) is 72.9 Å². The number of thioether (sulfide) groups is 1. The second-order valence-corrected chi connectivity index (χ2v) is 19.9. The van der Waals surface area contributed by atoms with Crippen molar-refractivity contribution in [1.29, 1.82) is 0 Å². The number of anilines is 1. The number of nitrogens with zero attached hydrogens (tertiary/aromatic N) is 9. The van der Waals surface area contributed by atoms with Gasteiger partial charge in [-0.3, -0.25) is 29.2 Å². The number of aliphatic imine (C=N–C) groups is 1. The molecular formula is C48H68Cl3N11O3S2. The Bertz CT molecular complexity index is 2250. The molecule has 6 heterocycles. The van der Waals surface area contributed by atoms with Crippen LogP contribution in [0, 0.1) is 26.7 Å². The van der Waals surface area contributed by atoms with Gasteiger partial charge in [-0.1, -0.05) is 53.9 Å². The maximum Gasteiger partial charge on any atom is 0.225 e. The minimum absolute atomic E-state index is 0.00293. The number of aldehydes is 2. The smallest absolute Gasteiger partial charge is 0.225 e. The molecule has 1 atom stereocenters. The van der Waals surface area contributed by atoms with E-state index in [0.717, 1.165) is 83.3 Å². The van der Waals surface area contributed by atoms with Gasteiger partial charge in [0, 0.05) is 78.7 Å². The summed E-state index contributed by atoms with van der Waals surface area (Å²) in [4.78, 5) is 44.6. The molecule has 2 saturated heterocycles. The number of benzene rings is 2. The number of amidine groups is 1. The highest BCUT2D eigenvalue weighted by Crippen LogP contribution is 2.36. The summed E-state index contributed by atoms with van der Waals surface area (Å²) in [6.07, 6.45) is 9.62. The molecule has 0 bridgehead atoms. The zero-order valence-electron chi connectivity index (χ0n) is 40.5. The van der Waals surface area contributed by atoms with E-state index in [9.17, 15) is 9.59 Å². The highest BCUT2D eigenvalue weighted by atomic mass is 35.5. The van der Waals surface area contributed by atoms with Crippen LogP contribution < -0.4 is 15.6 Å². The number of hydrazone groups is 1. The summed E-state index contributed by atoms with van der Waals surface area (Å²) in [6.45, 7) is 19.5. The molecule has 4 aliphatic heterocycles. The van der Waals surface area contributed by atoms with Crippen LogP contribution in [0.2, 0.25) is 15.1 Å². The summed E-state index contributed by atoms with van der Waals surface area (Å²) in [7, 11) is 4.07. The lowest BCUT2D eigenvalue weighted by Gasteiger charge is -2.41. The predicted molar refractivity (Wildman–Crippen MR) is 282 cm³/mol. The molecule has 0 saturated carbocycles. The number of piperazine rings is 1. The zero-order chi connectivity index (χ0) is 49.0. The molecule has 2 fully saturated rings. The Morgan fingerprint density at radius 3 is 2.21 bits per heavy atom. The maximum atomic E-state index is 11.9. The topological polar surface area (TPSA) is 144 Å². The third-order valence-corrected chi connectivity index (χ3v) is 13.8. The number of piperidine rings is 1. The fraction of sp³-hybridized carbons (Fsp3) is 0.521. The molecule has 0 spiro atoms. The summed E-state index contributed by atoms with van der Waals surface area (Å²) >= 11 is 21.5. The van der Waals surface area contributed by atoms with Crippen LogP contribution in [0.4, 0.5) is 5.69 Å². The Morgan fingerprint density at radius 1 is 0.940 bits per heavy atom. The van der Waals surface area contributed by atoms with Gasteiger partial charge >= 0.3 is 0 Å². The van der Waals surface area contributed by atoms with Gasteiger partial charge in [0.25, 0.3) is 0 Å². The van der Waals surface area contributed by atoms with E-state index in [4.69, 9.17) is 44.6 Å². The number of amides is 1. The molecule has 366 valence electrons. The van der Waals surface area contributed by atoms with E-state index in [2.05, 4.69) is 66.1 Å². The van der Waals surface area contributed by atoms with Crippen LogP contribution >= 0.6 is 57.9 Å². The lowest BCUT2D eigenvalue weighted by molar-refractivity contribution is -0.119. The number of halogens is 3. The van der Waals surface area contributed by atoms with Crippen LogP contribution in [0.5, 0.6) is 0 Å². The first kappa shape index (κ1) is 55.9. The van der Waals surface area contributed by atoms with Gasteiger partial charge in [0.05, 0.1) is 34.5 Å². The summed E-state index contributed by atoms with van der Waals surface area (Å²) < 4.78 is 2.13. The van der Waals surface area contributed by atoms with E-state index >= 15 is 0 Å². The van der Waals surface area contributed by atoms with E-state index in [1.165, 1.54) is 61.9 Å². The molecule has 1 unspecified atom stereocenters. The molecule has 2 aromatic heterocycles. The van der Waals surface area contributed by atoms with E-state index < -0.39 is 0 Å². The minimum atomic E-state index is -0.00293. The van der Waals surface area contributed by atoms with Crippen molar-refractivity contribution in [3.63, 3.8) is 0 Å². The van der Waals surface area contributed by atoms with Crippen molar-refractivity contribution in [2.24, 2.45) is 16.0 Å². The number of aromatic nitrogens is 3. The number of carbonyl (C=O) groups excluding carboxylic acids is 3. The number of aryl methyl sites for hydroxylation is 2. The van der Waals surface area contributed by atoms with Gasteiger partial charge < -0.3 is 25.1 Å². The maximum absolute atomic E-state index is 11.9. The molecule has 0 radical (unpaired) electrons. The standard InChI is InChI=1S/C17H15ClN4S.C15H20Cl2N4O.C12H23N3O.C2H4O.C2H6S/c1-9-10(2)23-17-15(9)16(12-4-6-13(18)7-5-12)19-8-14-21-20-11(3)22(14)17;1-10-9-21(11-5-6-12(16)13(17)8-11)20-15(10)19-14(22)4-3-7-18-2;1-13-6-8-15(9-7-13)12-2-4-14(5-3-12)10-11-16;1-2-3;1-3-2/h4-7H,8H2,1-3H3;5-6,8,10,18H,3-4,7,9H2,1-2H3,(H,19,20,22);11-12H,2-10H2,1H3;2H,1H3;1-2H3.